The molecule has 0 bridgehead atoms. The first-order chi connectivity index (χ1) is 9.74. The van der Waals surface area contributed by atoms with E-state index in [0.29, 0.717) is 11.8 Å². The number of aryl methyl sites for hydroxylation is 1. The minimum absolute atomic E-state index is 0.162. The Morgan fingerprint density at radius 3 is 2.95 bits per heavy atom. The zero-order valence-corrected chi connectivity index (χ0v) is 12.4. The van der Waals surface area contributed by atoms with E-state index < -0.39 is 0 Å². The molecule has 0 N–H and O–H groups in total. The van der Waals surface area contributed by atoms with Gasteiger partial charge in [-0.25, -0.2) is 4.98 Å². The third-order valence-electron chi connectivity index (χ3n) is 3.78. The maximum Gasteiger partial charge on any atom is 0.215 e. The van der Waals surface area contributed by atoms with E-state index in [1.165, 1.54) is 0 Å². The van der Waals surface area contributed by atoms with Gasteiger partial charge in [0.2, 0.25) is 5.88 Å². The number of alkyl halides is 1. The highest BCUT2D eigenvalue weighted by atomic mass is 35.5. The average molecular weight is 296 g/mol. The molecule has 5 nitrogen and oxygen atoms in total. The number of rotatable bonds is 4. The van der Waals surface area contributed by atoms with Crippen LogP contribution in [0.4, 0.5) is 0 Å². The van der Waals surface area contributed by atoms with Gasteiger partial charge in [-0.05, 0) is 19.4 Å². The first-order valence-electron chi connectivity index (χ1n) is 6.84. The largest absolute Gasteiger partial charge is 0.481 e. The Morgan fingerprint density at radius 2 is 2.30 bits per heavy atom. The molecule has 108 valence electrons. The first kappa shape index (κ1) is 13.6. The Hall–Kier alpha value is -1.33. The number of nitrogens with zero attached hydrogens (tertiary/aromatic N) is 3. The maximum atomic E-state index is 5.91. The number of fused-ring (bicyclic) bond motifs is 1. The molecule has 2 aromatic rings. The Kier molecular flexibility index (Phi) is 3.81. The minimum atomic E-state index is 0.162. The number of ether oxygens (including phenoxy) is 2. The van der Waals surface area contributed by atoms with Crippen LogP contribution in [0.3, 0.4) is 0 Å². The van der Waals surface area contributed by atoms with Gasteiger partial charge in [-0.15, -0.1) is 11.6 Å². The van der Waals surface area contributed by atoms with E-state index in [1.807, 2.05) is 12.1 Å². The SMILES string of the molecule is COc1ccc2nc(CCCl)n(C3CCOC3C)c2n1. The highest BCUT2D eigenvalue weighted by molar-refractivity contribution is 6.17. The van der Waals surface area contributed by atoms with Crippen molar-refractivity contribution in [2.75, 3.05) is 19.6 Å². The van der Waals surface area contributed by atoms with E-state index in [0.717, 1.165) is 36.4 Å². The van der Waals surface area contributed by atoms with Crippen LogP contribution in [0.2, 0.25) is 0 Å². The molecule has 0 saturated carbocycles. The standard InChI is InChI=1S/C14H18ClN3O2/c1-9-11(6-8-20-9)18-12(5-7-15)16-10-3-4-13(19-2)17-14(10)18/h3-4,9,11H,5-8H2,1-2H3. The smallest absolute Gasteiger partial charge is 0.215 e. The Morgan fingerprint density at radius 1 is 1.45 bits per heavy atom. The summed E-state index contributed by atoms with van der Waals surface area (Å²) >= 11 is 5.91. The molecular formula is C14H18ClN3O2. The summed E-state index contributed by atoms with van der Waals surface area (Å²) < 4.78 is 13.1. The lowest BCUT2D eigenvalue weighted by Crippen LogP contribution is -2.19. The molecule has 1 aliphatic heterocycles. The summed E-state index contributed by atoms with van der Waals surface area (Å²) in [5.41, 5.74) is 1.73. The summed E-state index contributed by atoms with van der Waals surface area (Å²) in [6.07, 6.45) is 1.86. The maximum absolute atomic E-state index is 5.91. The van der Waals surface area contributed by atoms with E-state index in [9.17, 15) is 0 Å². The Bertz CT molecular complexity index is 614. The van der Waals surface area contributed by atoms with Crippen LogP contribution in [0.15, 0.2) is 12.1 Å². The van der Waals surface area contributed by atoms with Gasteiger partial charge in [-0.2, -0.15) is 4.98 Å². The molecule has 0 spiro atoms. The lowest BCUT2D eigenvalue weighted by atomic mass is 10.1. The van der Waals surface area contributed by atoms with Crippen LogP contribution in [0.5, 0.6) is 5.88 Å². The fourth-order valence-corrected chi connectivity index (χ4v) is 2.95. The molecule has 1 fully saturated rings. The van der Waals surface area contributed by atoms with Gasteiger partial charge in [0.25, 0.3) is 0 Å². The summed E-state index contributed by atoms with van der Waals surface area (Å²) in [5.74, 6) is 2.11. The van der Waals surface area contributed by atoms with Gasteiger partial charge in [0.15, 0.2) is 5.65 Å². The number of pyridine rings is 1. The van der Waals surface area contributed by atoms with E-state index in [-0.39, 0.29) is 12.1 Å². The van der Waals surface area contributed by atoms with Gasteiger partial charge in [-0.3, -0.25) is 0 Å². The predicted octanol–water partition coefficient (Wildman–Crippen LogP) is 2.57. The van der Waals surface area contributed by atoms with Crippen LogP contribution in [-0.2, 0) is 11.2 Å². The lowest BCUT2D eigenvalue weighted by Gasteiger charge is -2.19. The first-order valence-corrected chi connectivity index (χ1v) is 7.37. The van der Waals surface area contributed by atoms with Crippen molar-refractivity contribution in [3.63, 3.8) is 0 Å². The summed E-state index contributed by atoms with van der Waals surface area (Å²) in [5, 5.41) is 0. The summed E-state index contributed by atoms with van der Waals surface area (Å²) in [6.45, 7) is 2.87. The van der Waals surface area contributed by atoms with E-state index in [2.05, 4.69) is 21.5 Å². The number of aromatic nitrogens is 3. The fourth-order valence-electron chi connectivity index (χ4n) is 2.79. The van der Waals surface area contributed by atoms with Crippen LogP contribution < -0.4 is 4.74 Å². The second-order valence-electron chi connectivity index (χ2n) is 4.97. The van der Waals surface area contributed by atoms with Crippen molar-refractivity contribution in [2.45, 2.75) is 31.9 Å². The van der Waals surface area contributed by atoms with Gasteiger partial charge in [-0.1, -0.05) is 0 Å². The number of hydrogen-bond donors (Lipinski definition) is 0. The van der Waals surface area contributed by atoms with Gasteiger partial charge in [0, 0.05) is 25.0 Å². The van der Waals surface area contributed by atoms with Gasteiger partial charge in [0.05, 0.1) is 19.3 Å². The Labute approximate surface area is 122 Å². The normalized spacial score (nSPS) is 22.6. The van der Waals surface area contributed by atoms with Crippen molar-refractivity contribution < 1.29 is 9.47 Å². The summed E-state index contributed by atoms with van der Waals surface area (Å²) in [7, 11) is 1.62. The molecule has 6 heteroatoms. The second kappa shape index (κ2) is 5.58. The highest BCUT2D eigenvalue weighted by Crippen LogP contribution is 2.31. The topological polar surface area (TPSA) is 49.2 Å². The molecule has 0 aromatic carbocycles. The molecule has 2 atom stereocenters. The van der Waals surface area contributed by atoms with E-state index in [1.54, 1.807) is 7.11 Å². The summed E-state index contributed by atoms with van der Waals surface area (Å²) in [4.78, 5) is 9.22. The van der Waals surface area contributed by atoms with Crippen LogP contribution in [-0.4, -0.2) is 40.2 Å². The zero-order chi connectivity index (χ0) is 14.1. The number of imidazole rings is 1. The Balaban J connectivity index is 2.16. The van der Waals surface area contributed by atoms with Crippen LogP contribution >= 0.6 is 11.6 Å². The number of methoxy groups -OCH3 is 1. The summed E-state index contributed by atoms with van der Waals surface area (Å²) in [6, 6.07) is 4.03. The van der Waals surface area contributed by atoms with E-state index >= 15 is 0 Å². The molecule has 2 aromatic heterocycles. The van der Waals surface area contributed by atoms with Crippen molar-refractivity contribution in [3.05, 3.63) is 18.0 Å². The minimum Gasteiger partial charge on any atom is -0.481 e. The fraction of sp³-hybridized carbons (Fsp3) is 0.571. The number of halogens is 1. The predicted molar refractivity (Wildman–Crippen MR) is 77.6 cm³/mol. The highest BCUT2D eigenvalue weighted by Gasteiger charge is 2.29. The van der Waals surface area contributed by atoms with Crippen molar-refractivity contribution in [1.82, 2.24) is 14.5 Å². The van der Waals surface area contributed by atoms with Crippen LogP contribution in [0.1, 0.15) is 25.2 Å². The molecule has 3 heterocycles. The quantitative estimate of drug-likeness (QED) is 0.814. The van der Waals surface area contributed by atoms with Gasteiger partial charge in [0.1, 0.15) is 11.3 Å². The van der Waals surface area contributed by atoms with Crippen LogP contribution in [0.25, 0.3) is 11.2 Å². The average Bonchev–Trinajstić information content (AvgIpc) is 3.01. The van der Waals surface area contributed by atoms with Crippen LogP contribution in [0, 0.1) is 0 Å². The third-order valence-corrected chi connectivity index (χ3v) is 3.97. The molecule has 2 unspecified atom stereocenters. The number of hydrogen-bond acceptors (Lipinski definition) is 4. The monoisotopic (exact) mass is 295 g/mol. The molecule has 1 aliphatic rings. The van der Waals surface area contributed by atoms with Crippen molar-refractivity contribution in [2.24, 2.45) is 0 Å². The second-order valence-corrected chi connectivity index (χ2v) is 5.34. The molecule has 0 aliphatic carbocycles. The molecule has 1 saturated heterocycles. The lowest BCUT2D eigenvalue weighted by molar-refractivity contribution is 0.108. The molecular weight excluding hydrogens is 278 g/mol. The van der Waals surface area contributed by atoms with Gasteiger partial charge >= 0.3 is 0 Å². The molecule has 0 amide bonds. The molecule has 0 radical (unpaired) electrons. The molecule has 20 heavy (non-hydrogen) atoms. The molecule has 3 rings (SSSR count). The third kappa shape index (κ3) is 2.25. The van der Waals surface area contributed by atoms with Gasteiger partial charge < -0.3 is 14.0 Å². The van der Waals surface area contributed by atoms with Crippen molar-refractivity contribution >= 4 is 22.8 Å². The van der Waals surface area contributed by atoms with Crippen molar-refractivity contribution in [3.8, 4) is 5.88 Å². The van der Waals surface area contributed by atoms with E-state index in [4.69, 9.17) is 21.1 Å². The zero-order valence-electron chi connectivity index (χ0n) is 11.7. The van der Waals surface area contributed by atoms with Crippen molar-refractivity contribution in [1.29, 1.82) is 0 Å².